The maximum atomic E-state index is 13.7. The Morgan fingerprint density at radius 3 is 1.56 bits per heavy atom. The molecule has 9 heteroatoms. The van der Waals surface area contributed by atoms with E-state index in [-0.39, 0.29) is 29.8 Å². The summed E-state index contributed by atoms with van der Waals surface area (Å²) in [6.07, 6.45) is 2.98. The van der Waals surface area contributed by atoms with Gasteiger partial charge < -0.3 is 24.5 Å². The molecule has 0 aliphatic carbocycles. The molecular formula is C46H44N6O3. The average Bonchev–Trinajstić information content (AvgIpc) is 4.06. The number of aromatic amines is 2. The van der Waals surface area contributed by atoms with Crippen molar-refractivity contribution in [1.82, 2.24) is 29.7 Å². The Labute approximate surface area is 320 Å². The van der Waals surface area contributed by atoms with Crippen LogP contribution in [0.5, 0.6) is 0 Å². The van der Waals surface area contributed by atoms with Gasteiger partial charge in [-0.3, -0.25) is 9.59 Å². The molecule has 0 spiro atoms. The van der Waals surface area contributed by atoms with E-state index in [2.05, 4.69) is 70.6 Å². The Kier molecular flexibility index (Phi) is 9.23. The number of benzene rings is 5. The number of H-pyrrole nitrogens is 2. The van der Waals surface area contributed by atoms with E-state index in [0.717, 1.165) is 99.3 Å². The highest BCUT2D eigenvalue weighted by atomic mass is 16.5. The summed E-state index contributed by atoms with van der Waals surface area (Å²) in [5, 5.41) is 0. The van der Waals surface area contributed by atoms with Gasteiger partial charge in [0.15, 0.2) is 6.10 Å². The lowest BCUT2D eigenvalue weighted by Crippen LogP contribution is -2.35. The highest BCUT2D eigenvalue weighted by Gasteiger charge is 2.37. The zero-order chi connectivity index (χ0) is 37.5. The summed E-state index contributed by atoms with van der Waals surface area (Å²) in [6.45, 7) is 3.41. The highest BCUT2D eigenvalue weighted by molar-refractivity contribution is 5.87. The summed E-state index contributed by atoms with van der Waals surface area (Å²) in [4.78, 5) is 48.3. The Bertz CT molecular complexity index is 2470. The van der Waals surface area contributed by atoms with Gasteiger partial charge in [-0.1, -0.05) is 97.1 Å². The fourth-order valence-corrected chi connectivity index (χ4v) is 8.50. The minimum Gasteiger partial charge on any atom is -0.367 e. The highest BCUT2D eigenvalue weighted by Crippen LogP contribution is 2.37. The lowest BCUT2D eigenvalue weighted by atomic mass is 9.99. The largest absolute Gasteiger partial charge is 0.367 e. The van der Waals surface area contributed by atoms with E-state index >= 15 is 0 Å². The number of hydrogen-bond acceptors (Lipinski definition) is 5. The molecule has 9 nitrogen and oxygen atoms in total. The summed E-state index contributed by atoms with van der Waals surface area (Å²) >= 11 is 0. The van der Waals surface area contributed by atoms with Crippen LogP contribution in [0, 0.1) is 0 Å². The van der Waals surface area contributed by atoms with Crippen LogP contribution in [0.3, 0.4) is 0 Å². The van der Waals surface area contributed by atoms with Crippen molar-refractivity contribution in [2.45, 2.75) is 56.7 Å². The van der Waals surface area contributed by atoms with Gasteiger partial charge in [0.25, 0.3) is 5.91 Å². The third kappa shape index (κ3) is 6.59. The molecule has 276 valence electrons. The van der Waals surface area contributed by atoms with Crippen LogP contribution in [-0.4, -0.2) is 61.7 Å². The summed E-state index contributed by atoms with van der Waals surface area (Å²) < 4.78 is 5.68. The van der Waals surface area contributed by atoms with E-state index in [1.807, 2.05) is 77.4 Å². The fourth-order valence-electron chi connectivity index (χ4n) is 8.50. The first kappa shape index (κ1) is 34.7. The van der Waals surface area contributed by atoms with Gasteiger partial charge in [-0.2, -0.15) is 0 Å². The average molecular weight is 729 g/mol. The lowest BCUT2D eigenvalue weighted by molar-refractivity contribution is -0.143. The minimum absolute atomic E-state index is 0.0366. The van der Waals surface area contributed by atoms with Crippen molar-refractivity contribution in [3.63, 3.8) is 0 Å². The standard InChI is InChI=1S/C46H44N6O3/c1-29(30-11-5-3-6-12-30)45(53)51-25-9-15-40(51)43-47-36-23-21-34(27-38(36)49-43)31-17-19-32(20-18-31)35-22-24-37-39(28-35)50-44(48-37)41-16-10-26-52(41)46(54)42(55-2)33-13-7-4-8-14-33/h3-8,11-14,17-24,27-29,40-42H,9-10,15-16,25-26H2,1-2H3,(H,47,49)(H,48,50)/t29-,40+,41+,42-/m1/s1. The molecule has 2 aliphatic rings. The molecule has 0 saturated carbocycles. The Morgan fingerprint density at radius 2 is 1.07 bits per heavy atom. The number of likely N-dealkylation sites (tertiary alicyclic amines) is 2. The molecule has 2 aromatic heterocycles. The van der Waals surface area contributed by atoms with Gasteiger partial charge in [-0.05, 0) is 90.3 Å². The van der Waals surface area contributed by atoms with Crippen molar-refractivity contribution >= 4 is 33.9 Å². The zero-order valence-electron chi connectivity index (χ0n) is 31.1. The number of hydrogen-bond donors (Lipinski definition) is 2. The third-order valence-corrected chi connectivity index (χ3v) is 11.5. The fraction of sp³-hybridized carbons (Fsp3) is 0.261. The van der Waals surface area contributed by atoms with Crippen LogP contribution in [-0.2, 0) is 14.3 Å². The lowest BCUT2D eigenvalue weighted by Gasteiger charge is -2.27. The molecule has 9 rings (SSSR count). The van der Waals surface area contributed by atoms with Crippen LogP contribution in [0.1, 0.15) is 79.5 Å². The van der Waals surface area contributed by atoms with Gasteiger partial charge in [-0.15, -0.1) is 0 Å². The van der Waals surface area contributed by atoms with Gasteiger partial charge in [0.05, 0.1) is 40.1 Å². The first-order valence-electron chi connectivity index (χ1n) is 19.3. The van der Waals surface area contributed by atoms with Crippen LogP contribution in [0.4, 0.5) is 0 Å². The van der Waals surface area contributed by atoms with Gasteiger partial charge in [0, 0.05) is 20.2 Å². The second kappa shape index (κ2) is 14.6. The summed E-state index contributed by atoms with van der Waals surface area (Å²) in [7, 11) is 1.59. The molecule has 2 N–H and O–H groups in total. The van der Waals surface area contributed by atoms with Gasteiger partial charge in [0.2, 0.25) is 5.91 Å². The first-order valence-corrected chi connectivity index (χ1v) is 19.3. The van der Waals surface area contributed by atoms with Gasteiger partial charge >= 0.3 is 0 Å². The van der Waals surface area contributed by atoms with Crippen molar-refractivity contribution in [3.8, 4) is 22.3 Å². The van der Waals surface area contributed by atoms with Crippen molar-refractivity contribution in [1.29, 1.82) is 0 Å². The molecule has 2 fully saturated rings. The topological polar surface area (TPSA) is 107 Å². The van der Waals surface area contributed by atoms with E-state index in [4.69, 9.17) is 14.7 Å². The number of amides is 2. The number of methoxy groups -OCH3 is 1. The number of rotatable bonds is 9. The maximum absolute atomic E-state index is 13.7. The van der Waals surface area contributed by atoms with Crippen LogP contribution in [0.25, 0.3) is 44.3 Å². The first-order chi connectivity index (χ1) is 26.9. The number of nitrogens with zero attached hydrogens (tertiary/aromatic N) is 4. The second-order valence-electron chi connectivity index (χ2n) is 14.8. The molecule has 0 unspecified atom stereocenters. The molecule has 7 aromatic rings. The Morgan fingerprint density at radius 1 is 0.618 bits per heavy atom. The molecule has 5 aromatic carbocycles. The summed E-state index contributed by atoms with van der Waals surface area (Å²) in [6, 6.07) is 40.7. The van der Waals surface area contributed by atoms with Gasteiger partial charge in [-0.25, -0.2) is 9.97 Å². The molecular weight excluding hydrogens is 685 g/mol. The molecule has 2 saturated heterocycles. The number of carbonyl (C=O) groups is 2. The normalized spacial score (nSPS) is 18.3. The molecule has 55 heavy (non-hydrogen) atoms. The Balaban J connectivity index is 0.911. The number of ether oxygens (including phenoxy) is 1. The molecule has 2 aliphatic heterocycles. The molecule has 0 radical (unpaired) electrons. The minimum atomic E-state index is -0.645. The molecule has 2 amide bonds. The number of aromatic nitrogens is 4. The van der Waals surface area contributed by atoms with Crippen LogP contribution >= 0.6 is 0 Å². The van der Waals surface area contributed by atoms with Crippen LogP contribution < -0.4 is 0 Å². The molecule has 4 heterocycles. The predicted octanol–water partition coefficient (Wildman–Crippen LogP) is 9.29. The van der Waals surface area contributed by atoms with E-state index in [0.29, 0.717) is 6.54 Å². The van der Waals surface area contributed by atoms with Crippen molar-refractivity contribution in [3.05, 3.63) is 144 Å². The molecule has 0 bridgehead atoms. The van der Waals surface area contributed by atoms with Crippen molar-refractivity contribution in [2.75, 3.05) is 20.2 Å². The monoisotopic (exact) mass is 728 g/mol. The van der Waals surface area contributed by atoms with E-state index < -0.39 is 6.10 Å². The predicted molar refractivity (Wildman–Crippen MR) is 215 cm³/mol. The number of imidazole rings is 2. The number of nitrogens with one attached hydrogen (secondary N) is 2. The van der Waals surface area contributed by atoms with E-state index in [9.17, 15) is 9.59 Å². The van der Waals surface area contributed by atoms with E-state index in [1.54, 1.807) is 7.11 Å². The number of fused-ring (bicyclic) bond motifs is 2. The quantitative estimate of drug-likeness (QED) is 0.154. The van der Waals surface area contributed by atoms with Crippen LogP contribution in [0.15, 0.2) is 121 Å². The SMILES string of the molecule is CO[C@@H](C(=O)N1CCC[C@H]1c1nc2cc(-c3ccc(-c4ccc5[nH]c([C@@H]6CCCN6C(=O)[C@H](C)c6ccccc6)nc5c4)cc3)ccc2[nH]1)c1ccccc1. The smallest absolute Gasteiger partial charge is 0.256 e. The Hall–Kier alpha value is -6.06. The third-order valence-electron chi connectivity index (χ3n) is 11.5. The second-order valence-corrected chi connectivity index (χ2v) is 14.8. The molecule has 4 atom stereocenters. The van der Waals surface area contributed by atoms with E-state index in [1.165, 1.54) is 0 Å². The number of carbonyl (C=O) groups excluding carboxylic acids is 2. The summed E-state index contributed by atoms with van der Waals surface area (Å²) in [5.41, 5.74) is 9.93. The van der Waals surface area contributed by atoms with Gasteiger partial charge in [0.1, 0.15) is 11.6 Å². The van der Waals surface area contributed by atoms with Crippen LogP contribution in [0.2, 0.25) is 0 Å². The summed E-state index contributed by atoms with van der Waals surface area (Å²) in [5.74, 6) is 1.57. The zero-order valence-corrected chi connectivity index (χ0v) is 31.1. The van der Waals surface area contributed by atoms with Crippen molar-refractivity contribution < 1.29 is 14.3 Å². The maximum Gasteiger partial charge on any atom is 0.256 e. The van der Waals surface area contributed by atoms with Crippen molar-refractivity contribution in [2.24, 2.45) is 0 Å².